The average Bonchev–Trinajstić information content (AvgIpc) is 2.70. The normalized spacial score (nSPS) is 24.9. The lowest BCUT2D eigenvalue weighted by Gasteiger charge is -2.39. The van der Waals surface area contributed by atoms with E-state index in [9.17, 15) is 4.79 Å². The Bertz CT molecular complexity index is 825. The summed E-state index contributed by atoms with van der Waals surface area (Å²) in [5, 5.41) is 4.17. The van der Waals surface area contributed by atoms with Crippen molar-refractivity contribution in [2.24, 2.45) is 0 Å². The van der Waals surface area contributed by atoms with Crippen molar-refractivity contribution in [1.29, 1.82) is 0 Å². The second kappa shape index (κ2) is 8.19. The summed E-state index contributed by atoms with van der Waals surface area (Å²) in [5.41, 5.74) is 2.59. The van der Waals surface area contributed by atoms with Crippen LogP contribution in [-0.2, 0) is 9.47 Å². The summed E-state index contributed by atoms with van der Waals surface area (Å²) in [6.45, 7) is 1.31. The second-order valence-electron chi connectivity index (χ2n) is 7.01. The molecule has 1 saturated heterocycles. The summed E-state index contributed by atoms with van der Waals surface area (Å²) in [6, 6.07) is 13.1. The molecule has 1 amide bonds. The Balaban J connectivity index is 1.39. The molecular formula is C21H21Cl2NO3. The summed E-state index contributed by atoms with van der Waals surface area (Å²) in [6.07, 6.45) is 2.91. The average molecular weight is 406 g/mol. The molecule has 0 bridgehead atoms. The molecule has 1 aliphatic carbocycles. The van der Waals surface area contributed by atoms with Gasteiger partial charge in [-0.15, -0.1) is 0 Å². The zero-order valence-electron chi connectivity index (χ0n) is 14.8. The van der Waals surface area contributed by atoms with Crippen LogP contribution in [-0.4, -0.2) is 37.4 Å². The predicted octanol–water partition coefficient (Wildman–Crippen LogP) is 4.73. The van der Waals surface area contributed by atoms with Crippen molar-refractivity contribution in [1.82, 2.24) is 5.32 Å². The third kappa shape index (κ3) is 4.30. The van der Waals surface area contributed by atoms with Gasteiger partial charge in [0.15, 0.2) is 0 Å². The first-order chi connectivity index (χ1) is 13.1. The van der Waals surface area contributed by atoms with Crippen molar-refractivity contribution in [2.75, 3.05) is 13.2 Å². The standard InChI is InChI=1S/C21H21Cl2NO3/c22-17-7-5-15(11-18(17)23)13-1-3-14(4-2-13)21(25)24-16-6-8-19-20(12-16)27-10-9-26-19/h1-5,7,11,16,19-20H,6,8-10,12H2,(H,24,25)/t16-,19+,20-/m1/s1. The number of nitrogens with one attached hydrogen (secondary N) is 1. The number of carbonyl (C=O) groups is 1. The highest BCUT2D eigenvalue weighted by molar-refractivity contribution is 6.42. The van der Waals surface area contributed by atoms with Crippen molar-refractivity contribution in [3.05, 3.63) is 58.1 Å². The maximum atomic E-state index is 12.6. The molecule has 0 spiro atoms. The zero-order valence-corrected chi connectivity index (χ0v) is 16.3. The highest BCUT2D eigenvalue weighted by atomic mass is 35.5. The molecule has 2 aliphatic rings. The SMILES string of the molecule is O=C(N[C@@H]1CC[C@@H]2OCCO[C@@H]2C1)c1ccc(-c2ccc(Cl)c(Cl)c2)cc1. The van der Waals surface area contributed by atoms with E-state index in [2.05, 4.69) is 5.32 Å². The third-order valence-electron chi connectivity index (χ3n) is 5.21. The molecular weight excluding hydrogens is 385 g/mol. The molecule has 4 rings (SSSR count). The van der Waals surface area contributed by atoms with Crippen molar-refractivity contribution in [2.45, 2.75) is 37.5 Å². The highest BCUT2D eigenvalue weighted by Gasteiger charge is 2.34. The van der Waals surface area contributed by atoms with Crippen LogP contribution in [0.25, 0.3) is 11.1 Å². The Labute approximate surface area is 168 Å². The Hall–Kier alpha value is -1.59. The van der Waals surface area contributed by atoms with E-state index in [1.807, 2.05) is 36.4 Å². The van der Waals surface area contributed by atoms with Gasteiger partial charge in [-0.1, -0.05) is 41.4 Å². The number of hydrogen-bond donors (Lipinski definition) is 1. The predicted molar refractivity (Wildman–Crippen MR) is 106 cm³/mol. The molecule has 1 aliphatic heterocycles. The smallest absolute Gasteiger partial charge is 0.251 e. The van der Waals surface area contributed by atoms with Gasteiger partial charge in [0, 0.05) is 11.6 Å². The molecule has 3 atom stereocenters. The van der Waals surface area contributed by atoms with Crippen molar-refractivity contribution >= 4 is 29.1 Å². The number of fused-ring (bicyclic) bond motifs is 1. The van der Waals surface area contributed by atoms with Crippen LogP contribution in [0, 0.1) is 0 Å². The monoisotopic (exact) mass is 405 g/mol. The largest absolute Gasteiger partial charge is 0.373 e. The molecule has 4 nitrogen and oxygen atoms in total. The van der Waals surface area contributed by atoms with Gasteiger partial charge in [-0.25, -0.2) is 0 Å². The van der Waals surface area contributed by atoms with Crippen LogP contribution in [0.5, 0.6) is 0 Å². The Morgan fingerprint density at radius 1 is 0.889 bits per heavy atom. The number of rotatable bonds is 3. The maximum absolute atomic E-state index is 12.6. The van der Waals surface area contributed by atoms with Gasteiger partial charge in [0.1, 0.15) is 0 Å². The number of halogens is 2. The Morgan fingerprint density at radius 3 is 2.33 bits per heavy atom. The number of benzene rings is 2. The first kappa shape index (κ1) is 18.8. The van der Waals surface area contributed by atoms with Crippen molar-refractivity contribution < 1.29 is 14.3 Å². The van der Waals surface area contributed by atoms with Crippen LogP contribution >= 0.6 is 23.2 Å². The summed E-state index contributed by atoms with van der Waals surface area (Å²) < 4.78 is 11.5. The molecule has 0 radical (unpaired) electrons. The fraction of sp³-hybridized carbons (Fsp3) is 0.381. The second-order valence-corrected chi connectivity index (χ2v) is 7.82. The minimum absolute atomic E-state index is 0.0594. The van der Waals surface area contributed by atoms with Gasteiger partial charge in [0.05, 0.1) is 35.5 Å². The van der Waals surface area contributed by atoms with Gasteiger partial charge in [0.2, 0.25) is 0 Å². The summed E-state index contributed by atoms with van der Waals surface area (Å²) in [7, 11) is 0. The molecule has 1 N–H and O–H groups in total. The molecule has 2 aromatic carbocycles. The van der Waals surface area contributed by atoms with E-state index < -0.39 is 0 Å². The molecule has 1 heterocycles. The quantitative estimate of drug-likeness (QED) is 0.802. The van der Waals surface area contributed by atoms with Gasteiger partial charge in [-0.3, -0.25) is 4.79 Å². The lowest BCUT2D eigenvalue weighted by molar-refractivity contribution is -0.157. The molecule has 142 valence electrons. The van der Waals surface area contributed by atoms with E-state index in [-0.39, 0.29) is 24.2 Å². The third-order valence-corrected chi connectivity index (χ3v) is 5.95. The van der Waals surface area contributed by atoms with Crippen molar-refractivity contribution in [3.8, 4) is 11.1 Å². The molecule has 6 heteroatoms. The first-order valence-corrected chi connectivity index (χ1v) is 9.95. The molecule has 2 aromatic rings. The van der Waals surface area contributed by atoms with E-state index in [4.69, 9.17) is 32.7 Å². The van der Waals surface area contributed by atoms with Gasteiger partial charge in [-0.2, -0.15) is 0 Å². The fourth-order valence-corrected chi connectivity index (χ4v) is 4.05. The minimum atomic E-state index is -0.0594. The lowest BCUT2D eigenvalue weighted by atomic mass is 9.89. The van der Waals surface area contributed by atoms with E-state index in [0.29, 0.717) is 28.8 Å². The topological polar surface area (TPSA) is 47.6 Å². The number of amides is 1. The minimum Gasteiger partial charge on any atom is -0.373 e. The summed E-state index contributed by atoms with van der Waals surface area (Å²) in [5.74, 6) is -0.0594. The molecule has 2 fully saturated rings. The van der Waals surface area contributed by atoms with Crippen LogP contribution < -0.4 is 5.32 Å². The molecule has 27 heavy (non-hydrogen) atoms. The molecule has 0 aromatic heterocycles. The van der Waals surface area contributed by atoms with Crippen LogP contribution in [0.4, 0.5) is 0 Å². The van der Waals surface area contributed by atoms with E-state index in [1.165, 1.54) is 0 Å². The molecule has 0 unspecified atom stereocenters. The highest BCUT2D eigenvalue weighted by Crippen LogP contribution is 2.29. The Morgan fingerprint density at radius 2 is 1.59 bits per heavy atom. The number of ether oxygens (including phenoxy) is 2. The maximum Gasteiger partial charge on any atom is 0.251 e. The van der Waals surface area contributed by atoms with Gasteiger partial charge in [0.25, 0.3) is 5.91 Å². The Kier molecular flexibility index (Phi) is 5.69. The lowest BCUT2D eigenvalue weighted by Crippen LogP contribution is -2.49. The summed E-state index contributed by atoms with van der Waals surface area (Å²) in [4.78, 5) is 12.6. The molecule has 1 saturated carbocycles. The van der Waals surface area contributed by atoms with Gasteiger partial charge < -0.3 is 14.8 Å². The van der Waals surface area contributed by atoms with Gasteiger partial charge in [-0.05, 0) is 54.7 Å². The number of hydrogen-bond acceptors (Lipinski definition) is 3. The van der Waals surface area contributed by atoms with Crippen molar-refractivity contribution in [3.63, 3.8) is 0 Å². The first-order valence-electron chi connectivity index (χ1n) is 9.20. The zero-order chi connectivity index (χ0) is 18.8. The van der Waals surface area contributed by atoms with Crippen LogP contribution in [0.1, 0.15) is 29.6 Å². The summed E-state index contributed by atoms with van der Waals surface area (Å²) >= 11 is 12.1. The van der Waals surface area contributed by atoms with Gasteiger partial charge >= 0.3 is 0 Å². The van der Waals surface area contributed by atoms with Crippen LogP contribution in [0.15, 0.2) is 42.5 Å². The van der Waals surface area contributed by atoms with E-state index in [1.54, 1.807) is 6.07 Å². The fourth-order valence-electron chi connectivity index (χ4n) is 3.76. The van der Waals surface area contributed by atoms with Crippen LogP contribution in [0.3, 0.4) is 0 Å². The van der Waals surface area contributed by atoms with Crippen LogP contribution in [0.2, 0.25) is 10.0 Å². The number of carbonyl (C=O) groups excluding carboxylic acids is 1. The van der Waals surface area contributed by atoms with E-state index >= 15 is 0 Å². The van der Waals surface area contributed by atoms with E-state index in [0.717, 1.165) is 30.4 Å².